The van der Waals surface area contributed by atoms with Crippen LogP contribution in [0.1, 0.15) is 26.4 Å². The number of carbonyl (C=O) groups excluding carboxylic acids is 2. The molecule has 7 aromatic rings. The molecular weight excluding hydrogens is 496 g/mol. The van der Waals surface area contributed by atoms with Crippen molar-refractivity contribution >= 4 is 50.4 Å². The molecule has 2 heterocycles. The molecule has 0 amide bonds. The van der Waals surface area contributed by atoms with Crippen molar-refractivity contribution < 1.29 is 14.0 Å². The number of Topliss-reactive ketones (excluding diaryl/α,β-unsaturated/α-hetero) is 2. The average Bonchev–Trinajstić information content (AvgIpc) is 3.63. The first kappa shape index (κ1) is 22.4. The largest absolute Gasteiger partial charge is 0.434 e. The zero-order valence-corrected chi connectivity index (χ0v) is 21.2. The molecule has 0 spiro atoms. The number of hydrogen-bond donors (Lipinski definition) is 0. The molecular formula is C35H20N2O3. The van der Waals surface area contributed by atoms with Gasteiger partial charge in [0.2, 0.25) is 5.89 Å². The number of fused-ring (bicyclic) bond motifs is 4. The van der Waals surface area contributed by atoms with E-state index < -0.39 is 0 Å². The summed E-state index contributed by atoms with van der Waals surface area (Å²) in [6.07, 6.45) is 1.68. The van der Waals surface area contributed by atoms with Crippen molar-refractivity contribution in [2.75, 3.05) is 0 Å². The maximum absolute atomic E-state index is 13.6. The van der Waals surface area contributed by atoms with Crippen LogP contribution in [0.15, 0.2) is 125 Å². The molecule has 8 rings (SSSR count). The van der Waals surface area contributed by atoms with Crippen molar-refractivity contribution in [1.82, 2.24) is 9.55 Å². The quantitative estimate of drug-likeness (QED) is 0.176. The third-order valence-electron chi connectivity index (χ3n) is 7.57. The highest BCUT2D eigenvalue weighted by Gasteiger charge is 2.34. The van der Waals surface area contributed by atoms with E-state index in [1.165, 1.54) is 0 Å². The van der Waals surface area contributed by atoms with E-state index in [1.807, 2.05) is 102 Å². The van der Waals surface area contributed by atoms with Gasteiger partial charge in [-0.25, -0.2) is 0 Å². The Morgan fingerprint density at radius 2 is 1.27 bits per heavy atom. The van der Waals surface area contributed by atoms with Crippen molar-refractivity contribution in [1.29, 1.82) is 0 Å². The third-order valence-corrected chi connectivity index (χ3v) is 7.57. The van der Waals surface area contributed by atoms with Crippen molar-refractivity contribution in [3.8, 4) is 17.1 Å². The normalized spacial score (nSPS) is 13.1. The second kappa shape index (κ2) is 8.48. The summed E-state index contributed by atoms with van der Waals surface area (Å²) >= 11 is 0. The summed E-state index contributed by atoms with van der Waals surface area (Å²) in [6, 6.07) is 37.1. The van der Waals surface area contributed by atoms with Crippen LogP contribution in [-0.4, -0.2) is 21.1 Å². The number of oxazole rings is 1. The van der Waals surface area contributed by atoms with Gasteiger partial charge in [0.25, 0.3) is 0 Å². The topological polar surface area (TPSA) is 65.1 Å². The van der Waals surface area contributed by atoms with Gasteiger partial charge in [-0.05, 0) is 52.6 Å². The number of benzene rings is 5. The van der Waals surface area contributed by atoms with Crippen LogP contribution in [-0.2, 0) is 0 Å². The Balaban J connectivity index is 1.36. The Morgan fingerprint density at radius 3 is 2.00 bits per heavy atom. The summed E-state index contributed by atoms with van der Waals surface area (Å²) in [4.78, 5) is 32.0. The summed E-state index contributed by atoms with van der Waals surface area (Å²) < 4.78 is 8.18. The van der Waals surface area contributed by atoms with Crippen LogP contribution >= 0.6 is 0 Å². The van der Waals surface area contributed by atoms with Gasteiger partial charge in [-0.1, -0.05) is 78.9 Å². The second-order valence-electron chi connectivity index (χ2n) is 9.94. The minimum atomic E-state index is -0.272. The van der Waals surface area contributed by atoms with Gasteiger partial charge >= 0.3 is 0 Å². The molecule has 0 saturated heterocycles. The van der Waals surface area contributed by atoms with Crippen LogP contribution in [0.25, 0.3) is 56.0 Å². The fourth-order valence-electron chi connectivity index (χ4n) is 5.65. The lowest BCUT2D eigenvalue weighted by molar-refractivity contribution is 0.0990. The number of allylic oxidation sites excluding steroid dienone is 1. The van der Waals surface area contributed by atoms with E-state index in [1.54, 1.807) is 6.08 Å². The number of carbonyl (C=O) groups is 2. The molecule has 0 N–H and O–H groups in total. The Hall–Kier alpha value is -5.55. The van der Waals surface area contributed by atoms with E-state index in [4.69, 9.17) is 9.40 Å². The SMILES string of the molecule is O=C1C(=Cc2cc3oc(-c4ccccc4)nc3n2-c2cccc3ccccc23)C(=O)c2cc3ccccc3cc21. The third kappa shape index (κ3) is 3.31. The Morgan fingerprint density at radius 1 is 0.650 bits per heavy atom. The number of nitrogens with zero attached hydrogens (tertiary/aromatic N) is 2. The zero-order valence-electron chi connectivity index (χ0n) is 21.2. The van der Waals surface area contributed by atoms with Crippen LogP contribution < -0.4 is 0 Å². The van der Waals surface area contributed by atoms with Gasteiger partial charge in [-0.3, -0.25) is 14.2 Å². The molecule has 0 atom stereocenters. The Labute approximate surface area is 228 Å². The molecule has 2 aromatic heterocycles. The lowest BCUT2D eigenvalue weighted by atomic mass is 10.0. The summed E-state index contributed by atoms with van der Waals surface area (Å²) in [7, 11) is 0. The molecule has 0 bridgehead atoms. The smallest absolute Gasteiger partial charge is 0.228 e. The molecule has 5 nitrogen and oxygen atoms in total. The van der Waals surface area contributed by atoms with Crippen LogP contribution in [0.4, 0.5) is 0 Å². The highest BCUT2D eigenvalue weighted by atomic mass is 16.3. The monoisotopic (exact) mass is 516 g/mol. The van der Waals surface area contributed by atoms with Crippen LogP contribution in [0, 0.1) is 0 Å². The summed E-state index contributed by atoms with van der Waals surface area (Å²) in [5, 5.41) is 3.94. The molecule has 188 valence electrons. The molecule has 0 radical (unpaired) electrons. The van der Waals surface area contributed by atoms with E-state index in [2.05, 4.69) is 18.2 Å². The number of hydrogen-bond acceptors (Lipinski definition) is 4. The van der Waals surface area contributed by atoms with E-state index in [9.17, 15) is 9.59 Å². The van der Waals surface area contributed by atoms with E-state index in [0.29, 0.717) is 33.9 Å². The van der Waals surface area contributed by atoms with Crippen molar-refractivity contribution in [3.05, 3.63) is 138 Å². The van der Waals surface area contributed by atoms with Gasteiger partial charge in [-0.2, -0.15) is 4.98 Å². The lowest BCUT2D eigenvalue weighted by Gasteiger charge is -2.11. The van der Waals surface area contributed by atoms with Crippen molar-refractivity contribution in [3.63, 3.8) is 0 Å². The zero-order chi connectivity index (χ0) is 26.8. The first-order chi connectivity index (χ1) is 19.7. The molecule has 40 heavy (non-hydrogen) atoms. The minimum Gasteiger partial charge on any atom is -0.434 e. The minimum absolute atomic E-state index is 0.134. The van der Waals surface area contributed by atoms with Crippen LogP contribution in [0.5, 0.6) is 0 Å². The van der Waals surface area contributed by atoms with Gasteiger partial charge in [0.05, 0.1) is 17.0 Å². The van der Waals surface area contributed by atoms with Crippen LogP contribution in [0.2, 0.25) is 0 Å². The maximum Gasteiger partial charge on any atom is 0.228 e. The van der Waals surface area contributed by atoms with E-state index >= 15 is 0 Å². The summed E-state index contributed by atoms with van der Waals surface area (Å²) in [5.41, 5.74) is 4.59. The van der Waals surface area contributed by atoms with Gasteiger partial charge < -0.3 is 4.42 Å². The fourth-order valence-corrected chi connectivity index (χ4v) is 5.65. The predicted octanol–water partition coefficient (Wildman–Crippen LogP) is 8.05. The fraction of sp³-hybridized carbons (Fsp3) is 0. The maximum atomic E-state index is 13.6. The van der Waals surface area contributed by atoms with E-state index in [-0.39, 0.29) is 17.1 Å². The molecule has 1 aliphatic rings. The lowest BCUT2D eigenvalue weighted by Crippen LogP contribution is -2.03. The van der Waals surface area contributed by atoms with Gasteiger partial charge in [0.1, 0.15) is 0 Å². The highest BCUT2D eigenvalue weighted by molar-refractivity contribution is 6.42. The molecule has 0 fully saturated rings. The van der Waals surface area contributed by atoms with Crippen molar-refractivity contribution in [2.24, 2.45) is 0 Å². The highest BCUT2D eigenvalue weighted by Crippen LogP contribution is 2.36. The number of ketones is 2. The van der Waals surface area contributed by atoms with Gasteiger partial charge in [0, 0.05) is 28.1 Å². The first-order valence-electron chi connectivity index (χ1n) is 13.1. The van der Waals surface area contributed by atoms with Crippen molar-refractivity contribution in [2.45, 2.75) is 0 Å². The number of rotatable bonds is 3. The summed E-state index contributed by atoms with van der Waals surface area (Å²) in [6.45, 7) is 0. The number of aromatic nitrogens is 2. The Bertz CT molecular complexity index is 2140. The molecule has 0 saturated carbocycles. The molecule has 1 aliphatic carbocycles. The predicted molar refractivity (Wildman–Crippen MR) is 157 cm³/mol. The van der Waals surface area contributed by atoms with E-state index in [0.717, 1.165) is 32.8 Å². The molecule has 0 aliphatic heterocycles. The standard InChI is InChI=1S/C35H20N2O3/c38-32-27-17-23-12-4-5-13-24(23)18-28(27)33(39)29(32)19-25-20-31-34(36-35(40-31)22-10-2-1-3-11-22)37(25)30-16-8-14-21-9-6-7-15-26(21)30/h1-20H. The molecule has 5 heteroatoms. The molecule has 0 unspecified atom stereocenters. The van der Waals surface area contributed by atoms with Crippen LogP contribution in [0.3, 0.4) is 0 Å². The summed E-state index contributed by atoms with van der Waals surface area (Å²) in [5.74, 6) is -0.0390. The first-order valence-corrected chi connectivity index (χ1v) is 13.1. The van der Waals surface area contributed by atoms with Gasteiger partial charge in [0.15, 0.2) is 22.8 Å². The van der Waals surface area contributed by atoms with Gasteiger partial charge in [-0.15, -0.1) is 0 Å². The molecule has 5 aromatic carbocycles. The average molecular weight is 517 g/mol. The second-order valence-corrected chi connectivity index (χ2v) is 9.94. The Kier molecular flexibility index (Phi) is 4.76.